The smallest absolute Gasteiger partial charge is 0.328 e. The van der Waals surface area contributed by atoms with E-state index in [4.69, 9.17) is 4.74 Å². The van der Waals surface area contributed by atoms with Crippen molar-refractivity contribution in [2.75, 3.05) is 32.6 Å². The van der Waals surface area contributed by atoms with Gasteiger partial charge < -0.3 is 15.0 Å². The molecule has 0 radical (unpaired) electrons. The molecule has 0 saturated heterocycles. The fraction of sp³-hybridized carbons (Fsp3) is 0.533. The van der Waals surface area contributed by atoms with Crippen LogP contribution in [0.3, 0.4) is 0 Å². The molecule has 1 N–H and O–H groups in total. The summed E-state index contributed by atoms with van der Waals surface area (Å²) in [5, 5.41) is 3.20. The van der Waals surface area contributed by atoms with E-state index in [-0.39, 0.29) is 12.0 Å². The number of carbonyl (C=O) groups excluding carboxylic acids is 1. The van der Waals surface area contributed by atoms with Crippen LogP contribution in [0.2, 0.25) is 0 Å². The first-order valence-electron chi connectivity index (χ1n) is 6.56. The predicted molar refractivity (Wildman–Crippen MR) is 78.5 cm³/mol. The third kappa shape index (κ3) is 4.91. The number of hydrogen-bond acceptors (Lipinski definition) is 4. The molecule has 0 amide bonds. The van der Waals surface area contributed by atoms with Crippen molar-refractivity contribution in [2.45, 2.75) is 26.8 Å². The highest BCUT2D eigenvalue weighted by atomic mass is 16.5. The van der Waals surface area contributed by atoms with Crippen molar-refractivity contribution in [3.63, 3.8) is 0 Å². The van der Waals surface area contributed by atoms with E-state index in [1.54, 1.807) is 0 Å². The van der Waals surface area contributed by atoms with E-state index in [1.165, 1.54) is 5.56 Å². The highest BCUT2D eigenvalue weighted by Crippen LogP contribution is 2.18. The first-order valence-corrected chi connectivity index (χ1v) is 6.56. The molecule has 1 aromatic rings. The lowest BCUT2D eigenvalue weighted by molar-refractivity contribution is -0.144. The summed E-state index contributed by atoms with van der Waals surface area (Å²) >= 11 is 0. The lowest BCUT2D eigenvalue weighted by atomic mass is 10.1. The zero-order chi connectivity index (χ0) is 14.4. The standard InChI is InChI=1S/C15H24N2O2/c1-11-7-6-8-14(12(11)2)16-13(3)15(18)19-10-9-17(4)5/h6-8,13,16H,9-10H2,1-5H3/t13-/m0/s1. The maximum Gasteiger partial charge on any atom is 0.328 e. The molecule has 0 bridgehead atoms. The number of benzene rings is 1. The maximum atomic E-state index is 11.8. The van der Waals surface area contributed by atoms with Crippen LogP contribution < -0.4 is 5.32 Å². The van der Waals surface area contributed by atoms with Gasteiger partial charge in [-0.1, -0.05) is 12.1 Å². The molecule has 1 aromatic carbocycles. The van der Waals surface area contributed by atoms with E-state index < -0.39 is 0 Å². The first-order chi connectivity index (χ1) is 8.91. The summed E-state index contributed by atoms with van der Waals surface area (Å²) in [6.07, 6.45) is 0. The van der Waals surface area contributed by atoms with Gasteiger partial charge in [0.25, 0.3) is 0 Å². The number of nitrogens with one attached hydrogen (secondary N) is 1. The zero-order valence-electron chi connectivity index (χ0n) is 12.5. The Hall–Kier alpha value is -1.55. The minimum absolute atomic E-state index is 0.220. The van der Waals surface area contributed by atoms with E-state index in [0.717, 1.165) is 17.8 Å². The average Bonchev–Trinajstić information content (AvgIpc) is 2.34. The van der Waals surface area contributed by atoms with Gasteiger partial charge in [0.05, 0.1) is 0 Å². The van der Waals surface area contributed by atoms with Gasteiger partial charge in [-0.15, -0.1) is 0 Å². The molecule has 0 saturated carbocycles. The van der Waals surface area contributed by atoms with Crippen molar-refractivity contribution in [3.05, 3.63) is 29.3 Å². The van der Waals surface area contributed by atoms with Crippen molar-refractivity contribution in [1.82, 2.24) is 4.90 Å². The number of nitrogens with zero attached hydrogens (tertiary/aromatic N) is 1. The van der Waals surface area contributed by atoms with Crippen LogP contribution in [0.15, 0.2) is 18.2 Å². The van der Waals surface area contributed by atoms with E-state index in [0.29, 0.717) is 6.61 Å². The fourth-order valence-corrected chi connectivity index (χ4v) is 1.65. The molecule has 106 valence electrons. The summed E-state index contributed by atoms with van der Waals surface area (Å²) in [6, 6.07) is 5.67. The summed E-state index contributed by atoms with van der Waals surface area (Å²) < 4.78 is 5.21. The van der Waals surface area contributed by atoms with Gasteiger partial charge in [0.1, 0.15) is 12.6 Å². The van der Waals surface area contributed by atoms with Crippen molar-refractivity contribution in [3.8, 4) is 0 Å². The lowest BCUT2D eigenvalue weighted by Crippen LogP contribution is -2.30. The van der Waals surface area contributed by atoms with Crippen LogP contribution in [0.4, 0.5) is 5.69 Å². The number of carbonyl (C=O) groups is 1. The molecule has 0 aromatic heterocycles. The molecule has 19 heavy (non-hydrogen) atoms. The normalized spacial score (nSPS) is 12.3. The van der Waals surface area contributed by atoms with Gasteiger partial charge in [-0.05, 0) is 52.1 Å². The Balaban J connectivity index is 2.52. The van der Waals surface area contributed by atoms with Crippen LogP contribution >= 0.6 is 0 Å². The Labute approximate surface area is 115 Å². The quantitative estimate of drug-likeness (QED) is 0.800. The van der Waals surface area contributed by atoms with Gasteiger partial charge in [0.2, 0.25) is 0 Å². The summed E-state index contributed by atoms with van der Waals surface area (Å²) in [4.78, 5) is 13.8. The van der Waals surface area contributed by atoms with Crippen LogP contribution in [0.1, 0.15) is 18.1 Å². The van der Waals surface area contributed by atoms with Gasteiger partial charge in [-0.2, -0.15) is 0 Å². The van der Waals surface area contributed by atoms with Crippen LogP contribution in [0.25, 0.3) is 0 Å². The molecule has 0 unspecified atom stereocenters. The molecule has 0 spiro atoms. The predicted octanol–water partition coefficient (Wildman–Crippen LogP) is 2.21. The van der Waals surface area contributed by atoms with Crippen molar-refractivity contribution in [1.29, 1.82) is 0 Å². The number of ether oxygens (including phenoxy) is 1. The number of likely N-dealkylation sites (N-methyl/N-ethyl adjacent to an activating group) is 1. The number of anilines is 1. The Bertz CT molecular complexity index is 430. The van der Waals surface area contributed by atoms with Crippen LogP contribution in [-0.4, -0.2) is 44.2 Å². The van der Waals surface area contributed by atoms with Crippen LogP contribution in [-0.2, 0) is 9.53 Å². The monoisotopic (exact) mass is 264 g/mol. The number of rotatable bonds is 6. The molecule has 0 heterocycles. The Morgan fingerprint density at radius 2 is 2.05 bits per heavy atom. The van der Waals surface area contributed by atoms with Crippen LogP contribution in [0.5, 0.6) is 0 Å². The van der Waals surface area contributed by atoms with Gasteiger partial charge in [0, 0.05) is 12.2 Å². The van der Waals surface area contributed by atoms with E-state index in [9.17, 15) is 4.79 Å². The number of aryl methyl sites for hydroxylation is 1. The minimum atomic E-state index is -0.345. The SMILES string of the molecule is Cc1cccc(N[C@@H](C)C(=O)OCCN(C)C)c1C. The Kier molecular flexibility index (Phi) is 5.83. The van der Waals surface area contributed by atoms with Crippen LogP contribution in [0, 0.1) is 13.8 Å². The average molecular weight is 264 g/mol. The van der Waals surface area contributed by atoms with Gasteiger partial charge in [-0.3, -0.25) is 0 Å². The fourth-order valence-electron chi connectivity index (χ4n) is 1.65. The summed E-state index contributed by atoms with van der Waals surface area (Å²) in [5.41, 5.74) is 3.35. The first kappa shape index (κ1) is 15.5. The van der Waals surface area contributed by atoms with E-state index in [1.807, 2.05) is 45.0 Å². The molecule has 4 heteroatoms. The molecule has 0 aliphatic carbocycles. The van der Waals surface area contributed by atoms with E-state index >= 15 is 0 Å². The third-order valence-electron chi connectivity index (χ3n) is 3.11. The second-order valence-corrected chi connectivity index (χ2v) is 5.08. The van der Waals surface area contributed by atoms with Gasteiger partial charge >= 0.3 is 5.97 Å². The van der Waals surface area contributed by atoms with Crippen molar-refractivity contribution >= 4 is 11.7 Å². The molecule has 1 atom stereocenters. The maximum absolute atomic E-state index is 11.8. The molecule has 0 aliphatic heterocycles. The molecule has 0 fully saturated rings. The summed E-state index contributed by atoms with van der Waals surface area (Å²) in [7, 11) is 3.90. The Morgan fingerprint density at radius 3 is 2.68 bits per heavy atom. The minimum Gasteiger partial charge on any atom is -0.463 e. The summed E-state index contributed by atoms with van der Waals surface area (Å²) in [5.74, 6) is -0.220. The molecular weight excluding hydrogens is 240 g/mol. The zero-order valence-corrected chi connectivity index (χ0v) is 12.5. The topological polar surface area (TPSA) is 41.6 Å². The number of hydrogen-bond donors (Lipinski definition) is 1. The molecule has 0 aliphatic rings. The Morgan fingerprint density at radius 1 is 1.37 bits per heavy atom. The molecular formula is C15H24N2O2. The highest BCUT2D eigenvalue weighted by molar-refractivity contribution is 5.79. The van der Waals surface area contributed by atoms with E-state index in [2.05, 4.69) is 18.3 Å². The van der Waals surface area contributed by atoms with Crippen molar-refractivity contribution in [2.24, 2.45) is 0 Å². The van der Waals surface area contributed by atoms with Crippen molar-refractivity contribution < 1.29 is 9.53 Å². The summed E-state index contributed by atoms with van der Waals surface area (Å²) in [6.45, 7) is 7.08. The second kappa shape index (κ2) is 7.14. The molecule has 4 nitrogen and oxygen atoms in total. The third-order valence-corrected chi connectivity index (χ3v) is 3.11. The largest absolute Gasteiger partial charge is 0.463 e. The molecule has 1 rings (SSSR count). The number of esters is 1. The highest BCUT2D eigenvalue weighted by Gasteiger charge is 2.15. The van der Waals surface area contributed by atoms with Gasteiger partial charge in [0.15, 0.2) is 0 Å². The lowest BCUT2D eigenvalue weighted by Gasteiger charge is -2.17. The second-order valence-electron chi connectivity index (χ2n) is 5.08. The van der Waals surface area contributed by atoms with Gasteiger partial charge in [-0.25, -0.2) is 4.79 Å².